The summed E-state index contributed by atoms with van der Waals surface area (Å²) in [7, 11) is 0. The predicted octanol–water partition coefficient (Wildman–Crippen LogP) is 2.48. The Bertz CT molecular complexity index is 1060. The molecule has 0 N–H and O–H groups in total. The Morgan fingerprint density at radius 3 is 2.44 bits per heavy atom. The minimum atomic E-state index is 0.129. The number of hydrogen-bond acceptors (Lipinski definition) is 8. The van der Waals surface area contributed by atoms with Gasteiger partial charge in [-0.15, -0.1) is 10.2 Å². The third-order valence-electron chi connectivity index (χ3n) is 6.36. The standard InChI is InChI=1S/C24H30N8OS/c33-23(31-15-13-30(14-16-31)21-17-25-9-10-26-21)19-34-24-28-27-22(18-29-11-5-2-6-12-29)32(24)20-7-3-1-4-8-20/h1,3-4,7-10,17H,2,5-6,11-16,18-19H2. The van der Waals surface area contributed by atoms with Crippen LogP contribution in [0.1, 0.15) is 25.1 Å². The number of likely N-dealkylation sites (tertiary alicyclic amines) is 1. The maximum Gasteiger partial charge on any atom is 0.233 e. The van der Waals surface area contributed by atoms with Gasteiger partial charge in [-0.1, -0.05) is 36.4 Å². The number of rotatable bonds is 7. The van der Waals surface area contributed by atoms with Gasteiger partial charge in [0.15, 0.2) is 11.0 Å². The van der Waals surface area contributed by atoms with Gasteiger partial charge in [-0.3, -0.25) is 19.2 Å². The van der Waals surface area contributed by atoms with Crippen molar-refractivity contribution in [1.82, 2.24) is 34.5 Å². The molecule has 178 valence electrons. The van der Waals surface area contributed by atoms with E-state index >= 15 is 0 Å². The molecule has 0 spiro atoms. The van der Waals surface area contributed by atoms with Crippen LogP contribution >= 0.6 is 11.8 Å². The number of aromatic nitrogens is 5. The Hall–Kier alpha value is -2.98. The van der Waals surface area contributed by atoms with E-state index in [1.165, 1.54) is 31.0 Å². The summed E-state index contributed by atoms with van der Waals surface area (Å²) in [6, 6.07) is 10.2. The Balaban J connectivity index is 1.23. The van der Waals surface area contributed by atoms with Crippen LogP contribution in [0.4, 0.5) is 5.82 Å². The molecule has 0 saturated carbocycles. The van der Waals surface area contributed by atoms with E-state index in [0.717, 1.165) is 55.2 Å². The molecule has 4 heterocycles. The van der Waals surface area contributed by atoms with Gasteiger partial charge in [0.05, 0.1) is 18.5 Å². The lowest BCUT2D eigenvalue weighted by molar-refractivity contribution is -0.128. The number of benzene rings is 1. The number of carbonyl (C=O) groups excluding carboxylic acids is 1. The molecule has 34 heavy (non-hydrogen) atoms. The molecule has 9 nitrogen and oxygen atoms in total. The fraction of sp³-hybridized carbons (Fsp3) is 0.458. The molecule has 5 rings (SSSR count). The van der Waals surface area contributed by atoms with Gasteiger partial charge in [0.2, 0.25) is 5.91 Å². The van der Waals surface area contributed by atoms with Gasteiger partial charge in [0.1, 0.15) is 5.82 Å². The number of nitrogens with zero attached hydrogens (tertiary/aromatic N) is 8. The zero-order chi connectivity index (χ0) is 23.2. The Labute approximate surface area is 204 Å². The predicted molar refractivity (Wildman–Crippen MR) is 132 cm³/mol. The number of para-hydroxylation sites is 1. The number of hydrogen-bond donors (Lipinski definition) is 0. The Kier molecular flexibility index (Phi) is 7.35. The van der Waals surface area contributed by atoms with Crippen LogP contribution in [0.15, 0.2) is 54.1 Å². The van der Waals surface area contributed by atoms with Gasteiger partial charge < -0.3 is 9.80 Å². The highest BCUT2D eigenvalue weighted by atomic mass is 32.2. The Morgan fingerprint density at radius 1 is 0.912 bits per heavy atom. The molecule has 0 unspecified atom stereocenters. The van der Waals surface area contributed by atoms with E-state index < -0.39 is 0 Å². The van der Waals surface area contributed by atoms with Crippen molar-refractivity contribution in [1.29, 1.82) is 0 Å². The van der Waals surface area contributed by atoms with E-state index in [4.69, 9.17) is 0 Å². The summed E-state index contributed by atoms with van der Waals surface area (Å²) in [5.41, 5.74) is 1.03. The SMILES string of the molecule is O=C(CSc1nnc(CN2CCCCC2)n1-c1ccccc1)N1CCN(c2cnccn2)CC1. The van der Waals surface area contributed by atoms with Gasteiger partial charge in [-0.25, -0.2) is 4.98 Å². The molecule has 2 aliphatic rings. The van der Waals surface area contributed by atoms with Crippen molar-refractivity contribution in [3.05, 3.63) is 54.7 Å². The molecular weight excluding hydrogens is 448 g/mol. The van der Waals surface area contributed by atoms with Gasteiger partial charge >= 0.3 is 0 Å². The second kappa shape index (κ2) is 11.0. The first-order chi connectivity index (χ1) is 16.8. The lowest BCUT2D eigenvalue weighted by Crippen LogP contribution is -2.49. The molecule has 10 heteroatoms. The average molecular weight is 479 g/mol. The van der Waals surface area contributed by atoms with E-state index in [0.29, 0.717) is 18.8 Å². The van der Waals surface area contributed by atoms with Crippen molar-refractivity contribution in [3.63, 3.8) is 0 Å². The average Bonchev–Trinajstić information content (AvgIpc) is 3.31. The molecule has 3 aromatic rings. The number of anilines is 1. The molecule has 2 aromatic heterocycles. The number of piperazine rings is 1. The minimum Gasteiger partial charge on any atom is -0.352 e. The molecule has 2 aliphatic heterocycles. The van der Waals surface area contributed by atoms with Crippen molar-refractivity contribution < 1.29 is 4.79 Å². The van der Waals surface area contributed by atoms with Crippen LogP contribution in [0.3, 0.4) is 0 Å². The molecule has 0 bridgehead atoms. The summed E-state index contributed by atoms with van der Waals surface area (Å²) >= 11 is 1.47. The molecule has 1 aromatic carbocycles. The minimum absolute atomic E-state index is 0.129. The van der Waals surface area contributed by atoms with Gasteiger partial charge in [-0.2, -0.15) is 0 Å². The second-order valence-corrected chi connectivity index (χ2v) is 9.57. The number of carbonyl (C=O) groups is 1. The summed E-state index contributed by atoms with van der Waals surface area (Å²) < 4.78 is 2.11. The highest BCUT2D eigenvalue weighted by Gasteiger charge is 2.24. The molecule has 0 aliphatic carbocycles. The van der Waals surface area contributed by atoms with Crippen molar-refractivity contribution >= 4 is 23.5 Å². The summed E-state index contributed by atoms with van der Waals surface area (Å²) in [4.78, 5) is 28.0. The van der Waals surface area contributed by atoms with Gasteiger partial charge in [0.25, 0.3) is 0 Å². The van der Waals surface area contributed by atoms with Gasteiger partial charge in [0, 0.05) is 44.3 Å². The highest BCUT2D eigenvalue weighted by molar-refractivity contribution is 7.99. The van der Waals surface area contributed by atoms with Crippen LogP contribution in [0.2, 0.25) is 0 Å². The number of amides is 1. The quantitative estimate of drug-likeness (QED) is 0.479. The fourth-order valence-electron chi connectivity index (χ4n) is 4.51. The van der Waals surface area contributed by atoms with E-state index in [1.807, 2.05) is 23.1 Å². The fourth-order valence-corrected chi connectivity index (χ4v) is 5.38. The van der Waals surface area contributed by atoms with Crippen LogP contribution in [0, 0.1) is 0 Å². The van der Waals surface area contributed by atoms with E-state index in [1.54, 1.807) is 18.6 Å². The van der Waals surface area contributed by atoms with Crippen molar-refractivity contribution in [2.24, 2.45) is 0 Å². The lowest BCUT2D eigenvalue weighted by Gasteiger charge is -2.35. The third-order valence-corrected chi connectivity index (χ3v) is 7.27. The molecule has 2 saturated heterocycles. The number of piperidine rings is 1. The summed E-state index contributed by atoms with van der Waals surface area (Å²) in [6.07, 6.45) is 8.92. The summed E-state index contributed by atoms with van der Waals surface area (Å²) in [5, 5.41) is 9.78. The largest absolute Gasteiger partial charge is 0.352 e. The first kappa shape index (κ1) is 22.8. The zero-order valence-corrected chi connectivity index (χ0v) is 20.1. The Morgan fingerprint density at radius 2 is 1.71 bits per heavy atom. The van der Waals surface area contributed by atoms with Crippen LogP contribution in [0.5, 0.6) is 0 Å². The first-order valence-electron chi connectivity index (χ1n) is 11.9. The van der Waals surface area contributed by atoms with E-state index in [2.05, 4.69) is 46.7 Å². The lowest BCUT2D eigenvalue weighted by atomic mass is 10.1. The normalized spacial score (nSPS) is 17.2. The van der Waals surface area contributed by atoms with E-state index in [9.17, 15) is 4.79 Å². The van der Waals surface area contributed by atoms with Crippen LogP contribution in [-0.2, 0) is 11.3 Å². The first-order valence-corrected chi connectivity index (χ1v) is 12.9. The monoisotopic (exact) mass is 478 g/mol. The van der Waals surface area contributed by atoms with Crippen LogP contribution in [0.25, 0.3) is 5.69 Å². The van der Waals surface area contributed by atoms with Crippen molar-refractivity contribution in [2.45, 2.75) is 31.0 Å². The summed E-state index contributed by atoms with van der Waals surface area (Å²) in [6.45, 7) is 5.86. The second-order valence-electron chi connectivity index (χ2n) is 8.63. The number of thioether (sulfide) groups is 1. The zero-order valence-electron chi connectivity index (χ0n) is 19.3. The highest BCUT2D eigenvalue weighted by Crippen LogP contribution is 2.24. The summed E-state index contributed by atoms with van der Waals surface area (Å²) in [5.74, 6) is 2.27. The molecular formula is C24H30N8OS. The third kappa shape index (κ3) is 5.39. The van der Waals surface area contributed by atoms with Gasteiger partial charge in [-0.05, 0) is 38.1 Å². The maximum atomic E-state index is 13.0. The van der Waals surface area contributed by atoms with Crippen LogP contribution in [-0.4, -0.2) is 85.5 Å². The maximum absolute atomic E-state index is 13.0. The molecule has 2 fully saturated rings. The molecule has 1 amide bonds. The van der Waals surface area contributed by atoms with E-state index in [-0.39, 0.29) is 5.91 Å². The van der Waals surface area contributed by atoms with Crippen molar-refractivity contribution in [3.8, 4) is 5.69 Å². The smallest absolute Gasteiger partial charge is 0.233 e. The molecule has 0 radical (unpaired) electrons. The topological polar surface area (TPSA) is 83.3 Å². The van der Waals surface area contributed by atoms with Crippen LogP contribution < -0.4 is 4.90 Å². The molecule has 0 atom stereocenters. The van der Waals surface area contributed by atoms with Crippen molar-refractivity contribution in [2.75, 3.05) is 49.9 Å².